The Kier molecular flexibility index (Phi) is 11.8. The minimum absolute atomic E-state index is 0. The Hall–Kier alpha value is -4.83. The van der Waals surface area contributed by atoms with Gasteiger partial charge in [-0.1, -0.05) is 140 Å². The molecule has 7 heteroatoms. The van der Waals surface area contributed by atoms with Gasteiger partial charge < -0.3 is 19.6 Å². The summed E-state index contributed by atoms with van der Waals surface area (Å²) in [5.74, 6) is 2.12. The van der Waals surface area contributed by atoms with Gasteiger partial charge >= 0.3 is 8.60 Å². The van der Waals surface area contributed by atoms with E-state index >= 15 is 0 Å². The summed E-state index contributed by atoms with van der Waals surface area (Å²) in [5, 5.41) is 4.49. The summed E-state index contributed by atoms with van der Waals surface area (Å²) in [4.78, 5) is 5.26. The van der Waals surface area contributed by atoms with Crippen molar-refractivity contribution in [3.63, 3.8) is 0 Å². The molecule has 1 atom stereocenters. The number of nitrogens with zero attached hydrogens (tertiary/aromatic N) is 1. The topological polar surface area (TPSA) is 49.3 Å². The fourth-order valence-electron chi connectivity index (χ4n) is 7.30. The minimum atomic E-state index is -2.48. The molecule has 5 nitrogen and oxygen atoms in total. The molecule has 2 aliphatic heterocycles. The molecule has 0 spiro atoms. The van der Waals surface area contributed by atoms with E-state index in [1.54, 1.807) is 0 Å². The summed E-state index contributed by atoms with van der Waals surface area (Å²) in [6, 6.07) is 56.0. The largest absolute Gasteiger partial charge is 0.486 e. The van der Waals surface area contributed by atoms with Crippen LogP contribution in [0.3, 0.4) is 0 Å². The Labute approximate surface area is 327 Å². The van der Waals surface area contributed by atoms with Crippen molar-refractivity contribution in [1.82, 2.24) is 0 Å². The predicted molar refractivity (Wildman–Crippen MR) is 216 cm³/mol. The van der Waals surface area contributed by atoms with Gasteiger partial charge in [-0.25, -0.2) is 4.99 Å². The molecule has 269 valence electrons. The molecule has 7 aromatic rings. The molecule has 2 heterocycles. The van der Waals surface area contributed by atoms with Gasteiger partial charge in [0.05, 0.1) is 0 Å². The summed E-state index contributed by atoms with van der Waals surface area (Å²) < 4.78 is 27.7. The van der Waals surface area contributed by atoms with Gasteiger partial charge in [-0.05, 0) is 56.9 Å². The summed E-state index contributed by atoms with van der Waals surface area (Å²) in [6.07, 6.45) is 1.16. The zero-order valence-corrected chi connectivity index (χ0v) is 33.1. The van der Waals surface area contributed by atoms with Crippen molar-refractivity contribution < 1.29 is 38.4 Å². The fraction of sp³-hybridized carbons (Fsp3) is 0.109. The molecule has 0 aliphatic carbocycles. The Morgan fingerprint density at radius 1 is 0.566 bits per heavy atom. The Bertz CT molecular complexity index is 2210. The van der Waals surface area contributed by atoms with Gasteiger partial charge in [0.25, 0.3) is 0 Å². The molecule has 0 amide bonds. The van der Waals surface area contributed by atoms with Gasteiger partial charge in [0.15, 0.2) is 17.1 Å². The molecule has 7 aromatic carbocycles. The molecular weight excluding hydrogens is 854 g/mol. The zero-order chi connectivity index (χ0) is 33.3. The summed E-state index contributed by atoms with van der Waals surface area (Å²) in [5.41, 5.74) is 4.39. The van der Waals surface area contributed by atoms with Crippen molar-refractivity contribution in [3.8, 4) is 22.6 Å². The summed E-state index contributed by atoms with van der Waals surface area (Å²) >= 11 is 0. The second-order valence-corrected chi connectivity index (χ2v) is 14.0. The van der Waals surface area contributed by atoms with Crippen LogP contribution in [0.4, 0.5) is 0 Å². The van der Waals surface area contributed by atoms with Crippen molar-refractivity contribution in [2.24, 2.45) is 4.99 Å². The van der Waals surface area contributed by atoms with Crippen molar-refractivity contribution in [1.29, 1.82) is 0 Å². The van der Waals surface area contributed by atoms with Crippen LogP contribution in [0, 0.1) is 14.9 Å². The number of hydrogen-bond donors (Lipinski definition) is 0. The second kappa shape index (κ2) is 16.5. The molecule has 0 bridgehead atoms. The number of benzene rings is 7. The van der Waals surface area contributed by atoms with Crippen molar-refractivity contribution >= 4 is 36.0 Å². The van der Waals surface area contributed by atoms with Crippen LogP contribution in [0.25, 0.3) is 32.7 Å². The van der Waals surface area contributed by atoms with E-state index in [0.29, 0.717) is 25.3 Å². The monoisotopic (exact) mass is 895 g/mol. The summed E-state index contributed by atoms with van der Waals surface area (Å²) in [6.45, 7) is 0.376. The van der Waals surface area contributed by atoms with E-state index in [1.165, 1.54) is 0 Å². The molecule has 1 radical (unpaired) electrons. The first-order chi connectivity index (χ1) is 24.7. The molecule has 53 heavy (non-hydrogen) atoms. The van der Waals surface area contributed by atoms with Crippen molar-refractivity contribution in [2.45, 2.75) is 24.5 Å². The summed E-state index contributed by atoms with van der Waals surface area (Å²) in [7, 11) is -2.48. The molecule has 0 unspecified atom stereocenters. The van der Waals surface area contributed by atoms with Crippen LogP contribution in [-0.4, -0.2) is 24.1 Å². The third-order valence-corrected chi connectivity index (χ3v) is 11.0. The Balaban J connectivity index is 0.00000160. The molecule has 0 saturated heterocycles. The second-order valence-electron chi connectivity index (χ2n) is 12.9. The number of fused-ring (bicyclic) bond motifs is 7. The van der Waals surface area contributed by atoms with Crippen LogP contribution >= 0.6 is 8.60 Å². The average Bonchev–Trinajstić information content (AvgIpc) is 3.61. The number of ether oxygens (including phenoxy) is 1. The molecule has 0 fully saturated rings. The molecule has 0 saturated carbocycles. The Morgan fingerprint density at radius 2 is 1.02 bits per heavy atom. The molecule has 9 rings (SSSR count). The quantitative estimate of drug-likeness (QED) is 0.113. The van der Waals surface area contributed by atoms with E-state index in [1.807, 2.05) is 42.5 Å². The maximum atomic E-state index is 7.44. The minimum Gasteiger partial charge on any atom is -0.475 e. The van der Waals surface area contributed by atoms with Gasteiger partial charge in [-0.15, -0.1) is 0 Å². The molecule has 0 aromatic heterocycles. The van der Waals surface area contributed by atoms with Crippen LogP contribution in [0.2, 0.25) is 0 Å². The van der Waals surface area contributed by atoms with Gasteiger partial charge in [-0.3, -0.25) is 9.05 Å². The number of hydrogen-bond acceptors (Lipinski definition) is 5. The van der Waals surface area contributed by atoms with Crippen molar-refractivity contribution in [2.75, 3.05) is 6.61 Å². The standard InChI is InChI=1S/C44H35NO4P.2CH3.Ir/c1-4-14-31(15-5-1)28-44(29-32-16-6-2-7-17-32,40-30-46-43(45-40)35-20-8-3-9-21-35)49-50-47-38-26-24-33-18-10-12-22-36(33)41(38)42-37-23-13-11-19-34(37)25-27-39(42)48-50;;;/h1-27,40,50H,28-30H2;2*1H3;/q+1;2*-1;/t40-;;;/m1.../s1. The van der Waals surface area contributed by atoms with Crippen LogP contribution in [0.15, 0.2) is 169 Å². The maximum absolute atomic E-state index is 7.44. The van der Waals surface area contributed by atoms with E-state index in [2.05, 4.69) is 121 Å². The van der Waals surface area contributed by atoms with Crippen molar-refractivity contribution in [3.05, 3.63) is 195 Å². The van der Waals surface area contributed by atoms with Gasteiger partial charge in [0.2, 0.25) is 5.90 Å². The smallest absolute Gasteiger partial charge is 0.475 e. The fourth-order valence-corrected chi connectivity index (χ4v) is 8.74. The van der Waals surface area contributed by atoms with E-state index in [-0.39, 0.29) is 41.0 Å². The predicted octanol–water partition coefficient (Wildman–Crippen LogP) is 11.4. The third kappa shape index (κ3) is 7.51. The molecule has 0 N–H and O–H groups in total. The van der Waals surface area contributed by atoms with Crippen LogP contribution < -0.4 is 9.05 Å². The van der Waals surface area contributed by atoms with E-state index in [0.717, 1.165) is 60.9 Å². The van der Waals surface area contributed by atoms with Gasteiger partial charge in [-0.2, -0.15) is 4.52 Å². The number of rotatable bonds is 8. The SMILES string of the molecule is [CH3-].[CH3-].[Ir].c1ccc(CC(Cc2ccccc2)(O[PH+]2Oc3ccc4ccccc4c3-c3c(ccc4ccccc34)O2)[C@H]2COC(c3ccccc3)=N2)cc1. The van der Waals surface area contributed by atoms with E-state index < -0.39 is 14.2 Å². The zero-order valence-electron chi connectivity index (χ0n) is 29.7. The molecular formula is C46H41IrNO4P-. The molecule has 2 aliphatic rings. The van der Waals surface area contributed by atoms with Gasteiger partial charge in [0, 0.05) is 49.6 Å². The number of aliphatic imine (C=N–C) groups is 1. The first kappa shape index (κ1) is 37.9. The van der Waals surface area contributed by atoms with Crippen LogP contribution in [0.5, 0.6) is 11.5 Å². The first-order valence-electron chi connectivity index (χ1n) is 17.0. The third-order valence-electron chi connectivity index (χ3n) is 9.68. The van der Waals surface area contributed by atoms with Crippen LogP contribution in [-0.2, 0) is 42.2 Å². The maximum Gasteiger partial charge on any atom is 0.486 e. The van der Waals surface area contributed by atoms with E-state index in [4.69, 9.17) is 23.3 Å². The average molecular weight is 895 g/mol. The van der Waals surface area contributed by atoms with Crippen LogP contribution in [0.1, 0.15) is 16.7 Å². The van der Waals surface area contributed by atoms with E-state index in [9.17, 15) is 0 Å². The first-order valence-corrected chi connectivity index (χ1v) is 18.2. The van der Waals surface area contributed by atoms with Gasteiger partial charge in [0.1, 0.15) is 12.6 Å². The normalized spacial score (nSPS) is 14.8. The Morgan fingerprint density at radius 3 is 1.53 bits per heavy atom.